The molecule has 0 amide bonds. The molecule has 0 bridgehead atoms. The molecule has 4 aromatic rings. The molecule has 0 saturated heterocycles. The van der Waals surface area contributed by atoms with Gasteiger partial charge in [0.15, 0.2) is 0 Å². The van der Waals surface area contributed by atoms with Gasteiger partial charge in [-0.05, 0) is 66.1 Å². The van der Waals surface area contributed by atoms with Crippen LogP contribution in [0.3, 0.4) is 0 Å². The molecule has 4 nitrogen and oxygen atoms in total. The first-order chi connectivity index (χ1) is 17.7. The Bertz CT molecular complexity index is 1390. The molecular formula is C32H28O4. The smallest absolute Gasteiger partial charge is 0.281 e. The highest BCUT2D eigenvalue weighted by atomic mass is 16.7. The van der Waals surface area contributed by atoms with E-state index in [9.17, 15) is 0 Å². The van der Waals surface area contributed by atoms with Gasteiger partial charge in [-0.15, -0.1) is 0 Å². The number of para-hydroxylation sites is 2. The van der Waals surface area contributed by atoms with E-state index in [1.54, 1.807) is 14.2 Å². The van der Waals surface area contributed by atoms with Gasteiger partial charge in [-0.2, -0.15) is 0 Å². The quantitative estimate of drug-likeness (QED) is 0.311. The van der Waals surface area contributed by atoms with Gasteiger partial charge in [0.05, 0.1) is 20.1 Å². The number of rotatable bonds is 5. The van der Waals surface area contributed by atoms with Crippen molar-refractivity contribution in [1.82, 2.24) is 0 Å². The predicted octanol–water partition coefficient (Wildman–Crippen LogP) is 7.00. The highest BCUT2D eigenvalue weighted by Gasteiger charge is 2.55. The van der Waals surface area contributed by atoms with E-state index in [2.05, 4.69) is 60.7 Å². The summed E-state index contributed by atoms with van der Waals surface area (Å²) in [5.74, 6) is 2.48. The molecule has 2 aliphatic heterocycles. The van der Waals surface area contributed by atoms with Crippen LogP contribution in [-0.2, 0) is 12.2 Å². The average Bonchev–Trinajstić information content (AvgIpc) is 2.94. The number of fused-ring (bicyclic) bond motifs is 3. The van der Waals surface area contributed by atoms with E-state index in [0.717, 1.165) is 40.5 Å². The van der Waals surface area contributed by atoms with Crippen LogP contribution in [0.4, 0.5) is 0 Å². The number of allylic oxidation sites excluding steroid dienone is 1. The van der Waals surface area contributed by atoms with Gasteiger partial charge < -0.3 is 18.9 Å². The van der Waals surface area contributed by atoms with Crippen LogP contribution in [0.15, 0.2) is 103 Å². The lowest BCUT2D eigenvalue weighted by atomic mass is 9.71. The first kappa shape index (κ1) is 22.3. The molecule has 0 fully saturated rings. The lowest BCUT2D eigenvalue weighted by Crippen LogP contribution is -2.53. The van der Waals surface area contributed by atoms with Gasteiger partial charge in [0, 0.05) is 17.0 Å². The Morgan fingerprint density at radius 2 is 1.33 bits per heavy atom. The van der Waals surface area contributed by atoms with Crippen LogP contribution < -0.4 is 18.9 Å². The molecule has 2 heterocycles. The summed E-state index contributed by atoms with van der Waals surface area (Å²) in [5.41, 5.74) is 4.45. The highest BCUT2D eigenvalue weighted by molar-refractivity contribution is 5.55. The number of hydrogen-bond donors (Lipinski definition) is 0. The zero-order chi connectivity index (χ0) is 24.5. The minimum atomic E-state index is -0.968. The molecule has 0 saturated carbocycles. The predicted molar refractivity (Wildman–Crippen MR) is 141 cm³/mol. The van der Waals surface area contributed by atoms with Crippen LogP contribution in [-0.4, -0.2) is 14.2 Å². The Hall–Kier alpha value is -4.18. The first-order valence-electron chi connectivity index (χ1n) is 12.2. The summed E-state index contributed by atoms with van der Waals surface area (Å²) in [4.78, 5) is 0. The molecule has 0 spiro atoms. The molecule has 4 heteroatoms. The molecule has 0 N–H and O–H groups in total. The van der Waals surface area contributed by atoms with Crippen molar-refractivity contribution in [3.63, 3.8) is 0 Å². The third kappa shape index (κ3) is 3.79. The zero-order valence-electron chi connectivity index (χ0n) is 20.4. The molecule has 2 aliphatic rings. The number of benzene rings is 4. The molecule has 36 heavy (non-hydrogen) atoms. The van der Waals surface area contributed by atoms with Gasteiger partial charge in [0.25, 0.3) is 5.79 Å². The molecule has 0 aliphatic carbocycles. The van der Waals surface area contributed by atoms with Crippen molar-refractivity contribution in [1.29, 1.82) is 0 Å². The molecule has 4 aromatic carbocycles. The Morgan fingerprint density at radius 1 is 0.722 bits per heavy atom. The van der Waals surface area contributed by atoms with Crippen LogP contribution in [0.5, 0.6) is 23.0 Å². The lowest BCUT2D eigenvalue weighted by molar-refractivity contribution is -0.187. The molecular weight excluding hydrogens is 448 g/mol. The molecule has 180 valence electrons. The summed E-state index contributed by atoms with van der Waals surface area (Å²) >= 11 is 0. The minimum Gasteiger partial charge on any atom is -0.497 e. The van der Waals surface area contributed by atoms with Crippen LogP contribution in [0.2, 0.25) is 0 Å². The van der Waals surface area contributed by atoms with Gasteiger partial charge in [0.2, 0.25) is 0 Å². The van der Waals surface area contributed by atoms with E-state index in [1.165, 1.54) is 11.1 Å². The maximum Gasteiger partial charge on any atom is 0.281 e. The summed E-state index contributed by atoms with van der Waals surface area (Å²) in [6.45, 7) is 0. The van der Waals surface area contributed by atoms with Gasteiger partial charge in [-0.25, -0.2) is 0 Å². The fourth-order valence-electron chi connectivity index (χ4n) is 5.39. The minimum absolute atomic E-state index is 0.0187. The fraction of sp³-hybridized carbons (Fsp3) is 0.188. The van der Waals surface area contributed by atoms with Crippen LogP contribution >= 0.6 is 0 Å². The second-order valence-electron chi connectivity index (χ2n) is 9.21. The normalized spacial score (nSPS) is 21.9. The molecule has 3 atom stereocenters. The van der Waals surface area contributed by atoms with Gasteiger partial charge in [-0.3, -0.25) is 0 Å². The summed E-state index contributed by atoms with van der Waals surface area (Å²) < 4.78 is 24.4. The maximum absolute atomic E-state index is 6.84. The van der Waals surface area contributed by atoms with Crippen molar-refractivity contribution in [3.05, 3.63) is 125 Å². The topological polar surface area (TPSA) is 36.9 Å². The van der Waals surface area contributed by atoms with Crippen molar-refractivity contribution >= 4 is 6.08 Å². The van der Waals surface area contributed by atoms with Crippen LogP contribution in [0, 0.1) is 5.92 Å². The second kappa shape index (κ2) is 9.12. The van der Waals surface area contributed by atoms with E-state index >= 15 is 0 Å². The van der Waals surface area contributed by atoms with E-state index in [1.807, 2.05) is 48.5 Å². The Labute approximate surface area is 211 Å². The number of hydrogen-bond acceptors (Lipinski definition) is 4. The van der Waals surface area contributed by atoms with Gasteiger partial charge >= 0.3 is 0 Å². The third-order valence-corrected chi connectivity index (χ3v) is 7.24. The largest absolute Gasteiger partial charge is 0.497 e. The van der Waals surface area contributed by atoms with E-state index < -0.39 is 5.79 Å². The Morgan fingerprint density at radius 3 is 2.06 bits per heavy atom. The Kier molecular flexibility index (Phi) is 5.65. The van der Waals surface area contributed by atoms with Crippen LogP contribution in [0.25, 0.3) is 6.08 Å². The number of methoxy groups -OCH3 is 2. The van der Waals surface area contributed by atoms with E-state index in [-0.39, 0.29) is 11.8 Å². The van der Waals surface area contributed by atoms with Crippen molar-refractivity contribution in [3.8, 4) is 23.0 Å². The molecule has 0 unspecified atom stereocenters. The van der Waals surface area contributed by atoms with Crippen molar-refractivity contribution in [2.24, 2.45) is 5.92 Å². The third-order valence-electron chi connectivity index (χ3n) is 7.24. The first-order valence-corrected chi connectivity index (χ1v) is 12.2. The monoisotopic (exact) mass is 476 g/mol. The average molecular weight is 477 g/mol. The molecule has 0 aromatic heterocycles. The van der Waals surface area contributed by atoms with Crippen LogP contribution in [0.1, 0.15) is 28.2 Å². The number of ether oxygens (including phenoxy) is 4. The summed E-state index contributed by atoms with van der Waals surface area (Å²) in [7, 11) is 3.36. The zero-order valence-corrected chi connectivity index (χ0v) is 20.4. The molecule has 0 radical (unpaired) electrons. The second-order valence-corrected chi connectivity index (χ2v) is 9.21. The summed E-state index contributed by atoms with van der Waals surface area (Å²) in [5, 5.41) is 0. The summed E-state index contributed by atoms with van der Waals surface area (Å²) in [6, 6.07) is 32.7. The van der Waals surface area contributed by atoms with Crippen molar-refractivity contribution in [2.45, 2.75) is 18.1 Å². The van der Waals surface area contributed by atoms with Gasteiger partial charge in [0.1, 0.15) is 23.0 Å². The van der Waals surface area contributed by atoms with Crippen molar-refractivity contribution in [2.75, 3.05) is 14.2 Å². The van der Waals surface area contributed by atoms with E-state index in [4.69, 9.17) is 18.9 Å². The van der Waals surface area contributed by atoms with Gasteiger partial charge in [-0.1, -0.05) is 60.7 Å². The molecule has 6 rings (SSSR count). The van der Waals surface area contributed by atoms with Crippen molar-refractivity contribution < 1.29 is 18.9 Å². The SMILES string of the molecule is COc1ccc(/C=C/[C@H]2c3ccccc3O[C@]3(c4ccc(OC)cc4)Oc4ccccc4C[C@H]23)cc1. The standard InChI is InChI=1S/C32H28O4/c1-33-25-16-11-22(12-17-25)13-20-27-28-8-4-6-10-31(28)36-32(24-14-18-26(34-2)19-15-24)29(27)21-23-7-3-5-9-30(23)35-32/h3-20,27,29H,21H2,1-2H3/b20-13+/t27-,29+,32-/m0/s1. The Balaban J connectivity index is 1.50. The highest BCUT2D eigenvalue weighted by Crippen LogP contribution is 2.55. The fourth-order valence-corrected chi connectivity index (χ4v) is 5.39. The summed E-state index contributed by atoms with van der Waals surface area (Å²) in [6.07, 6.45) is 5.31. The maximum atomic E-state index is 6.84. The van der Waals surface area contributed by atoms with E-state index in [0.29, 0.717) is 0 Å². The lowest BCUT2D eigenvalue weighted by Gasteiger charge is -2.50.